The van der Waals surface area contributed by atoms with E-state index in [4.69, 9.17) is 10.5 Å². The van der Waals surface area contributed by atoms with E-state index in [-0.39, 0.29) is 11.9 Å². The number of ether oxygens (including phenoxy) is 1. The van der Waals surface area contributed by atoms with E-state index in [0.29, 0.717) is 23.1 Å². The van der Waals surface area contributed by atoms with E-state index >= 15 is 0 Å². The SMILES string of the molecule is COc1csc(C(=O)NC(CN)C(C)C)c1. The van der Waals surface area contributed by atoms with Crippen molar-refractivity contribution in [1.29, 1.82) is 0 Å². The lowest BCUT2D eigenvalue weighted by Gasteiger charge is -2.19. The summed E-state index contributed by atoms with van der Waals surface area (Å²) in [7, 11) is 1.58. The molecule has 0 aliphatic heterocycles. The standard InChI is InChI=1S/C11H18N2O2S/c1-7(2)9(5-12)13-11(14)10-4-8(15-3)6-16-10/h4,6-7,9H,5,12H2,1-3H3,(H,13,14). The Kier molecular flexibility index (Phi) is 4.76. The van der Waals surface area contributed by atoms with Gasteiger partial charge in [-0.05, 0) is 5.92 Å². The van der Waals surface area contributed by atoms with E-state index in [1.165, 1.54) is 11.3 Å². The lowest BCUT2D eigenvalue weighted by atomic mass is 10.0. The number of nitrogens with one attached hydrogen (secondary N) is 1. The van der Waals surface area contributed by atoms with Crippen LogP contribution in [0.25, 0.3) is 0 Å². The van der Waals surface area contributed by atoms with Crippen LogP contribution in [0.5, 0.6) is 5.75 Å². The van der Waals surface area contributed by atoms with E-state index in [9.17, 15) is 4.79 Å². The Bertz CT molecular complexity index is 350. The van der Waals surface area contributed by atoms with E-state index in [1.807, 2.05) is 19.2 Å². The second-order valence-electron chi connectivity index (χ2n) is 3.91. The molecule has 1 rings (SSSR count). The molecule has 0 bridgehead atoms. The topological polar surface area (TPSA) is 64.3 Å². The van der Waals surface area contributed by atoms with Gasteiger partial charge in [0.05, 0.1) is 12.0 Å². The second-order valence-corrected chi connectivity index (χ2v) is 4.82. The summed E-state index contributed by atoms with van der Waals surface area (Å²) in [4.78, 5) is 12.5. The highest BCUT2D eigenvalue weighted by molar-refractivity contribution is 7.12. The predicted molar refractivity (Wildman–Crippen MR) is 66.0 cm³/mol. The normalized spacial score (nSPS) is 12.6. The Morgan fingerprint density at radius 1 is 1.62 bits per heavy atom. The van der Waals surface area contributed by atoms with E-state index in [1.54, 1.807) is 13.2 Å². The number of nitrogens with two attached hydrogens (primary N) is 1. The monoisotopic (exact) mass is 242 g/mol. The van der Waals surface area contributed by atoms with Gasteiger partial charge in [-0.2, -0.15) is 0 Å². The van der Waals surface area contributed by atoms with E-state index in [2.05, 4.69) is 5.32 Å². The van der Waals surface area contributed by atoms with Crippen LogP contribution >= 0.6 is 11.3 Å². The molecule has 16 heavy (non-hydrogen) atoms. The zero-order chi connectivity index (χ0) is 12.1. The van der Waals surface area contributed by atoms with Crippen molar-refractivity contribution < 1.29 is 9.53 Å². The minimum Gasteiger partial charge on any atom is -0.496 e. The van der Waals surface area contributed by atoms with Gasteiger partial charge >= 0.3 is 0 Å². The van der Waals surface area contributed by atoms with Gasteiger partial charge in [0.1, 0.15) is 5.75 Å². The summed E-state index contributed by atoms with van der Waals surface area (Å²) >= 11 is 1.37. The molecule has 0 saturated heterocycles. The fraction of sp³-hybridized carbons (Fsp3) is 0.545. The minimum atomic E-state index is -0.0857. The fourth-order valence-corrected chi connectivity index (χ4v) is 2.04. The molecule has 1 aromatic rings. The first kappa shape index (κ1) is 13.0. The van der Waals surface area contributed by atoms with Crippen molar-refractivity contribution in [3.8, 4) is 5.75 Å². The molecule has 1 heterocycles. The third-order valence-corrected chi connectivity index (χ3v) is 3.32. The van der Waals surface area contributed by atoms with Crippen LogP contribution in [-0.2, 0) is 0 Å². The van der Waals surface area contributed by atoms with Gasteiger partial charge in [-0.15, -0.1) is 11.3 Å². The van der Waals surface area contributed by atoms with Crippen molar-refractivity contribution in [3.05, 3.63) is 16.3 Å². The smallest absolute Gasteiger partial charge is 0.261 e. The third kappa shape index (κ3) is 3.21. The molecule has 0 fully saturated rings. The van der Waals surface area contributed by atoms with Crippen LogP contribution in [-0.4, -0.2) is 25.6 Å². The Hall–Kier alpha value is -1.07. The highest BCUT2D eigenvalue weighted by atomic mass is 32.1. The summed E-state index contributed by atoms with van der Waals surface area (Å²) in [5.74, 6) is 0.956. The first-order valence-electron chi connectivity index (χ1n) is 5.22. The summed E-state index contributed by atoms with van der Waals surface area (Å²) in [5, 5.41) is 4.72. The van der Waals surface area contributed by atoms with Gasteiger partial charge in [-0.25, -0.2) is 0 Å². The maximum Gasteiger partial charge on any atom is 0.261 e. The van der Waals surface area contributed by atoms with Crippen LogP contribution in [0.1, 0.15) is 23.5 Å². The molecule has 1 unspecified atom stereocenters. The van der Waals surface area contributed by atoms with Crippen LogP contribution in [0.4, 0.5) is 0 Å². The van der Waals surface area contributed by atoms with Gasteiger partial charge in [0.25, 0.3) is 5.91 Å². The van der Waals surface area contributed by atoms with Crippen molar-refractivity contribution in [3.63, 3.8) is 0 Å². The molecule has 0 spiro atoms. The van der Waals surface area contributed by atoms with Crippen molar-refractivity contribution >= 4 is 17.2 Å². The summed E-state index contributed by atoms with van der Waals surface area (Å²) in [6.07, 6.45) is 0. The number of carbonyl (C=O) groups is 1. The molecule has 1 aromatic heterocycles. The Labute approximate surface area is 99.8 Å². The maximum atomic E-state index is 11.8. The Balaban J connectivity index is 2.64. The second kappa shape index (κ2) is 5.86. The number of amides is 1. The zero-order valence-electron chi connectivity index (χ0n) is 9.82. The molecule has 4 nitrogen and oxygen atoms in total. The Morgan fingerprint density at radius 3 is 2.75 bits per heavy atom. The number of hydrogen-bond acceptors (Lipinski definition) is 4. The molecule has 0 aliphatic carbocycles. The van der Waals surface area contributed by atoms with Crippen LogP contribution in [0.2, 0.25) is 0 Å². The number of thiophene rings is 1. The van der Waals surface area contributed by atoms with Gasteiger partial charge in [-0.3, -0.25) is 4.79 Å². The maximum absolute atomic E-state index is 11.8. The minimum absolute atomic E-state index is 0.0144. The average Bonchev–Trinajstić information content (AvgIpc) is 2.73. The van der Waals surface area contributed by atoms with Gasteiger partial charge in [0, 0.05) is 24.0 Å². The third-order valence-electron chi connectivity index (χ3n) is 2.41. The first-order chi connectivity index (χ1) is 7.58. The lowest BCUT2D eigenvalue weighted by Crippen LogP contribution is -2.43. The van der Waals surface area contributed by atoms with Gasteiger partial charge in [0.15, 0.2) is 0 Å². The van der Waals surface area contributed by atoms with Gasteiger partial charge in [0.2, 0.25) is 0 Å². The summed E-state index contributed by atoms with van der Waals surface area (Å²) in [6.45, 7) is 4.52. The molecule has 1 amide bonds. The predicted octanol–water partition coefficient (Wildman–Crippen LogP) is 1.47. The van der Waals surface area contributed by atoms with Crippen LogP contribution in [0.3, 0.4) is 0 Å². The molecule has 1 atom stereocenters. The van der Waals surface area contributed by atoms with Crippen molar-refractivity contribution in [2.24, 2.45) is 11.7 Å². The molecule has 0 aliphatic rings. The highest BCUT2D eigenvalue weighted by Crippen LogP contribution is 2.21. The molecule has 0 aromatic carbocycles. The largest absolute Gasteiger partial charge is 0.496 e. The fourth-order valence-electron chi connectivity index (χ4n) is 1.28. The quantitative estimate of drug-likeness (QED) is 0.822. The van der Waals surface area contributed by atoms with Crippen molar-refractivity contribution in [2.75, 3.05) is 13.7 Å². The number of carbonyl (C=O) groups excluding carboxylic acids is 1. The number of hydrogen-bond donors (Lipinski definition) is 2. The van der Waals surface area contributed by atoms with Gasteiger partial charge < -0.3 is 15.8 Å². The van der Waals surface area contributed by atoms with E-state index in [0.717, 1.165) is 0 Å². The van der Waals surface area contributed by atoms with Crippen LogP contribution in [0, 0.1) is 5.92 Å². The summed E-state index contributed by atoms with van der Waals surface area (Å²) in [5.41, 5.74) is 5.60. The molecule has 5 heteroatoms. The zero-order valence-corrected chi connectivity index (χ0v) is 10.6. The first-order valence-corrected chi connectivity index (χ1v) is 6.10. The molecule has 3 N–H and O–H groups in total. The Morgan fingerprint density at radius 2 is 2.31 bits per heavy atom. The highest BCUT2D eigenvalue weighted by Gasteiger charge is 2.16. The average molecular weight is 242 g/mol. The number of methoxy groups -OCH3 is 1. The molecule has 0 saturated carbocycles. The van der Waals surface area contributed by atoms with Crippen molar-refractivity contribution in [1.82, 2.24) is 5.32 Å². The lowest BCUT2D eigenvalue weighted by molar-refractivity contribution is 0.0931. The van der Waals surface area contributed by atoms with Crippen molar-refractivity contribution in [2.45, 2.75) is 19.9 Å². The molecular formula is C11H18N2O2S. The summed E-state index contributed by atoms with van der Waals surface area (Å²) < 4.78 is 5.03. The van der Waals surface area contributed by atoms with Crippen LogP contribution in [0.15, 0.2) is 11.4 Å². The van der Waals surface area contributed by atoms with E-state index < -0.39 is 0 Å². The molecule has 0 radical (unpaired) electrons. The molecule has 90 valence electrons. The molecular weight excluding hydrogens is 224 g/mol. The number of rotatable bonds is 5. The summed E-state index contributed by atoms with van der Waals surface area (Å²) in [6, 6.07) is 1.74. The van der Waals surface area contributed by atoms with Crippen LogP contribution < -0.4 is 15.8 Å². The van der Waals surface area contributed by atoms with Gasteiger partial charge in [-0.1, -0.05) is 13.8 Å².